The number of pyridine rings is 1. The molecule has 1 aromatic carbocycles. The summed E-state index contributed by atoms with van der Waals surface area (Å²) >= 11 is 0. The summed E-state index contributed by atoms with van der Waals surface area (Å²) in [5.41, 5.74) is 3.26. The molecule has 0 fully saturated rings. The Hall–Kier alpha value is -1.36. The summed E-state index contributed by atoms with van der Waals surface area (Å²) in [6, 6.07) is 9.51. The predicted octanol–water partition coefficient (Wildman–Crippen LogP) is 13.4. The summed E-state index contributed by atoms with van der Waals surface area (Å²) in [7, 11) is 0. The molecule has 0 amide bonds. The predicted molar refractivity (Wildman–Crippen MR) is 169 cm³/mol. The second-order valence-electron chi connectivity index (χ2n) is 12.1. The van der Waals surface area contributed by atoms with E-state index in [1.54, 1.807) is 0 Å². The molecule has 2 rings (SSSR count). The fraction of sp³-hybridized carbons (Fsp3) is 0.676. The van der Waals surface area contributed by atoms with Crippen molar-refractivity contribution in [3.63, 3.8) is 0 Å². The zero-order valence-electron chi connectivity index (χ0n) is 29.7. The first-order valence-corrected chi connectivity index (χ1v) is 14.4. The third-order valence-electron chi connectivity index (χ3n) is 3.76. The van der Waals surface area contributed by atoms with E-state index < -0.39 is 17.9 Å². The van der Waals surface area contributed by atoms with Crippen LogP contribution in [0, 0.1) is 12.3 Å². The van der Waals surface area contributed by atoms with Crippen molar-refractivity contribution in [2.24, 2.45) is 5.41 Å². The molecule has 0 N–H and O–H groups in total. The van der Waals surface area contributed by atoms with Gasteiger partial charge in [0.25, 0.3) is 0 Å². The maximum atomic E-state index is 12.2. The maximum absolute atomic E-state index is 12.2. The molecular weight excluding hydrogens is 720 g/mol. The number of rotatable bonds is 0. The number of aryl methyl sites for hydroxylation is 1. The van der Waals surface area contributed by atoms with Crippen molar-refractivity contribution in [3.05, 3.63) is 65.0 Å². The smallest absolute Gasteiger partial charge is 0.260 e. The maximum Gasteiger partial charge on any atom is 0.416 e. The van der Waals surface area contributed by atoms with Crippen LogP contribution in [0.2, 0.25) is 0 Å². The SMILES string of the molecule is CC.CC.CC.CC(C)(C)C.CC(C)(C)c1ccc(C(F)(F)F)cc1.CC(F)(F)F.Cc1ccc(C(C)(C)C)nc1.[W]. The number of alkyl halides is 6. The largest absolute Gasteiger partial charge is 0.416 e. The topological polar surface area (TPSA) is 12.9 Å². The van der Waals surface area contributed by atoms with Crippen LogP contribution in [0.25, 0.3) is 0 Å². The Morgan fingerprint density at radius 3 is 0.976 bits per heavy atom. The van der Waals surface area contributed by atoms with Crippen molar-refractivity contribution in [2.75, 3.05) is 0 Å². The van der Waals surface area contributed by atoms with Crippen LogP contribution < -0.4 is 0 Å². The van der Waals surface area contributed by atoms with Gasteiger partial charge in [0.2, 0.25) is 0 Å². The third-order valence-corrected chi connectivity index (χ3v) is 3.76. The Morgan fingerprint density at radius 2 is 0.786 bits per heavy atom. The first-order chi connectivity index (χ1) is 18.2. The van der Waals surface area contributed by atoms with E-state index in [0.29, 0.717) is 5.41 Å². The summed E-state index contributed by atoms with van der Waals surface area (Å²) in [6.45, 7) is 35.4. The van der Waals surface area contributed by atoms with Gasteiger partial charge in [-0.15, -0.1) is 0 Å². The van der Waals surface area contributed by atoms with Crippen molar-refractivity contribution in [2.45, 2.75) is 148 Å². The molecule has 1 aromatic heterocycles. The van der Waals surface area contributed by atoms with E-state index in [-0.39, 0.29) is 38.8 Å². The molecule has 0 saturated carbocycles. The van der Waals surface area contributed by atoms with Gasteiger partial charge in [0.15, 0.2) is 0 Å². The van der Waals surface area contributed by atoms with Crippen molar-refractivity contribution in [3.8, 4) is 0 Å². The van der Waals surface area contributed by atoms with Gasteiger partial charge >= 0.3 is 12.4 Å². The van der Waals surface area contributed by atoms with Crippen LogP contribution in [0.3, 0.4) is 0 Å². The molecule has 1 nitrogen and oxygen atoms in total. The molecule has 0 saturated heterocycles. The molecule has 8 heteroatoms. The first kappa shape index (κ1) is 53.2. The second-order valence-corrected chi connectivity index (χ2v) is 12.1. The van der Waals surface area contributed by atoms with Gasteiger partial charge in [-0.3, -0.25) is 4.98 Å². The van der Waals surface area contributed by atoms with E-state index in [1.807, 2.05) is 68.5 Å². The van der Waals surface area contributed by atoms with E-state index in [1.165, 1.54) is 17.7 Å². The first-order valence-electron chi connectivity index (χ1n) is 14.4. The van der Waals surface area contributed by atoms with Gasteiger partial charge in [0.05, 0.1) is 5.56 Å². The van der Waals surface area contributed by atoms with Crippen molar-refractivity contribution in [1.82, 2.24) is 4.98 Å². The molecule has 0 aliphatic carbocycles. The van der Waals surface area contributed by atoms with E-state index in [9.17, 15) is 26.3 Å². The van der Waals surface area contributed by atoms with Crippen LogP contribution in [0.1, 0.15) is 140 Å². The number of hydrogen-bond acceptors (Lipinski definition) is 1. The van der Waals surface area contributed by atoms with Gasteiger partial charge in [-0.2, -0.15) is 26.3 Å². The Bertz CT molecular complexity index is 778. The van der Waals surface area contributed by atoms with Crippen LogP contribution in [0.5, 0.6) is 0 Å². The number of nitrogens with zero attached hydrogens (tertiary/aromatic N) is 1. The average molecular weight is 782 g/mol. The third kappa shape index (κ3) is 40.8. The molecular formula is C34H61F6NW. The number of benzene rings is 1. The molecule has 1 heterocycles. The van der Waals surface area contributed by atoms with E-state index in [0.717, 1.165) is 23.4 Å². The summed E-state index contributed by atoms with van der Waals surface area (Å²) in [4.78, 5) is 4.35. The van der Waals surface area contributed by atoms with E-state index >= 15 is 0 Å². The fourth-order valence-electron chi connectivity index (χ4n) is 2.07. The minimum Gasteiger partial charge on any atom is -0.260 e. The quantitative estimate of drug-likeness (QED) is 0.243. The fourth-order valence-corrected chi connectivity index (χ4v) is 2.07. The zero-order valence-corrected chi connectivity index (χ0v) is 32.6. The van der Waals surface area contributed by atoms with Crippen molar-refractivity contribution < 1.29 is 47.4 Å². The Balaban J connectivity index is -0.000000103. The monoisotopic (exact) mass is 781 g/mol. The number of halogens is 6. The second kappa shape index (κ2) is 25.0. The van der Waals surface area contributed by atoms with Gasteiger partial charge in [-0.1, -0.05) is 129 Å². The molecule has 0 aliphatic heterocycles. The molecule has 250 valence electrons. The molecule has 0 spiro atoms. The van der Waals surface area contributed by atoms with Crippen LogP contribution >= 0.6 is 0 Å². The molecule has 0 aliphatic rings. The Kier molecular flexibility index (Phi) is 31.7. The number of hydrogen-bond donors (Lipinski definition) is 0. The van der Waals surface area contributed by atoms with Gasteiger partial charge in [-0.25, -0.2) is 0 Å². The summed E-state index contributed by atoms with van der Waals surface area (Å²) in [5.74, 6) is 0. The van der Waals surface area contributed by atoms with Gasteiger partial charge in [0.1, 0.15) is 0 Å². The zero-order chi connectivity index (χ0) is 34.5. The normalized spacial score (nSPS) is 10.7. The minimum atomic E-state index is -4.24. The van der Waals surface area contributed by atoms with Gasteiger partial charge < -0.3 is 0 Å². The Labute approximate surface area is 270 Å². The number of aromatic nitrogens is 1. The van der Waals surface area contributed by atoms with E-state index in [4.69, 9.17) is 0 Å². The van der Waals surface area contributed by atoms with Crippen molar-refractivity contribution in [1.29, 1.82) is 0 Å². The molecule has 0 unspecified atom stereocenters. The van der Waals surface area contributed by atoms with Gasteiger partial charge in [-0.05, 0) is 47.1 Å². The molecule has 0 atom stereocenters. The van der Waals surface area contributed by atoms with E-state index in [2.05, 4.69) is 72.5 Å². The summed E-state index contributed by atoms with van der Waals surface area (Å²) in [5, 5.41) is 0. The molecule has 0 bridgehead atoms. The van der Waals surface area contributed by atoms with Crippen LogP contribution in [0.4, 0.5) is 26.3 Å². The van der Waals surface area contributed by atoms with Gasteiger partial charge in [0, 0.05) is 45.3 Å². The van der Waals surface area contributed by atoms with Crippen LogP contribution in [-0.2, 0) is 38.1 Å². The molecule has 42 heavy (non-hydrogen) atoms. The average Bonchev–Trinajstić information content (AvgIpc) is 2.80. The van der Waals surface area contributed by atoms with Crippen LogP contribution in [-0.4, -0.2) is 11.2 Å². The standard InChI is InChI=1S/C11H13F3.C10H15N.C5H12.C2H3F3.3C2H6.W/c1-10(2,3)8-4-6-9(7-5-8)11(12,13)14;1-8-5-6-9(11-7-8)10(2,3)4;1-5(2,3)4;1-2(3,4)5;3*1-2;/h4-7H,1-3H3;5-7H,1-4H3;1-4H3;1H3;3*1-2H3;. The minimum absolute atomic E-state index is 0. The summed E-state index contributed by atoms with van der Waals surface area (Å²) in [6.07, 6.45) is -6.32. The Morgan fingerprint density at radius 1 is 0.500 bits per heavy atom. The van der Waals surface area contributed by atoms with Crippen LogP contribution in [0.15, 0.2) is 42.6 Å². The van der Waals surface area contributed by atoms with Crippen molar-refractivity contribution >= 4 is 0 Å². The summed E-state index contributed by atoms with van der Waals surface area (Å²) < 4.78 is 67.7. The molecule has 2 aromatic rings. The molecule has 0 radical (unpaired) electrons.